The van der Waals surface area contributed by atoms with Crippen LogP contribution in [0.2, 0.25) is 0 Å². The van der Waals surface area contributed by atoms with Gasteiger partial charge in [0.15, 0.2) is 0 Å². The molecule has 3 rings (SSSR count). The Hall–Kier alpha value is -2.35. The van der Waals surface area contributed by atoms with Crippen LogP contribution in [0.1, 0.15) is 36.0 Å². The van der Waals surface area contributed by atoms with Gasteiger partial charge >= 0.3 is 0 Å². The zero-order chi connectivity index (χ0) is 16.8. The van der Waals surface area contributed by atoms with Crippen molar-refractivity contribution in [3.63, 3.8) is 0 Å². The van der Waals surface area contributed by atoms with Crippen LogP contribution >= 0.6 is 0 Å². The van der Waals surface area contributed by atoms with Gasteiger partial charge in [-0.2, -0.15) is 5.26 Å². The second-order valence-corrected chi connectivity index (χ2v) is 6.43. The van der Waals surface area contributed by atoms with Gasteiger partial charge in [0, 0.05) is 13.1 Å². The maximum Gasteiger partial charge on any atom is 0.120 e. The van der Waals surface area contributed by atoms with Gasteiger partial charge < -0.3 is 15.2 Å². The smallest absolute Gasteiger partial charge is 0.120 e. The van der Waals surface area contributed by atoms with Crippen molar-refractivity contribution in [2.24, 2.45) is 0 Å². The molecule has 0 amide bonds. The van der Waals surface area contributed by atoms with Crippen LogP contribution in [0.4, 0.5) is 0 Å². The molecule has 1 aliphatic rings. The Morgan fingerprint density at radius 2 is 1.92 bits per heavy atom. The summed E-state index contributed by atoms with van der Waals surface area (Å²) >= 11 is 0. The van der Waals surface area contributed by atoms with Gasteiger partial charge in [-0.3, -0.25) is 0 Å². The van der Waals surface area contributed by atoms with Crippen molar-refractivity contribution in [3.8, 4) is 11.8 Å². The van der Waals surface area contributed by atoms with Crippen molar-refractivity contribution in [3.05, 3.63) is 65.2 Å². The topological polar surface area (TPSA) is 65.3 Å². The molecule has 2 N–H and O–H groups in total. The van der Waals surface area contributed by atoms with E-state index in [0.717, 1.165) is 36.1 Å². The number of aliphatic hydroxyl groups is 1. The van der Waals surface area contributed by atoms with Gasteiger partial charge in [0.2, 0.25) is 0 Å². The molecule has 1 fully saturated rings. The Labute approximate surface area is 142 Å². The molecule has 0 unspecified atom stereocenters. The third kappa shape index (κ3) is 4.35. The van der Waals surface area contributed by atoms with Crippen LogP contribution in [0.15, 0.2) is 48.5 Å². The number of nitrogens with one attached hydrogen (secondary N) is 1. The molecule has 124 valence electrons. The lowest BCUT2D eigenvalue weighted by atomic mass is 9.80. The van der Waals surface area contributed by atoms with E-state index in [1.807, 2.05) is 42.5 Å². The maximum absolute atomic E-state index is 10.1. The van der Waals surface area contributed by atoms with Crippen molar-refractivity contribution in [2.75, 3.05) is 6.54 Å². The molecular formula is C20H22N2O2. The summed E-state index contributed by atoms with van der Waals surface area (Å²) in [6.45, 7) is 1.79. The van der Waals surface area contributed by atoms with E-state index in [2.05, 4.69) is 11.4 Å². The summed E-state index contributed by atoms with van der Waals surface area (Å²) in [7, 11) is 0. The minimum absolute atomic E-state index is 0.437. The summed E-state index contributed by atoms with van der Waals surface area (Å²) in [5, 5.41) is 22.3. The van der Waals surface area contributed by atoms with Crippen LogP contribution in [0.3, 0.4) is 0 Å². The summed E-state index contributed by atoms with van der Waals surface area (Å²) in [4.78, 5) is 0. The molecule has 0 radical (unpaired) electrons. The quantitative estimate of drug-likeness (QED) is 0.822. The summed E-state index contributed by atoms with van der Waals surface area (Å²) in [6, 6.07) is 17.5. The molecule has 0 spiro atoms. The number of hydrogen-bond acceptors (Lipinski definition) is 4. The number of benzene rings is 2. The number of nitrogens with zero attached hydrogens (tertiary/aromatic N) is 1. The largest absolute Gasteiger partial charge is 0.489 e. The predicted molar refractivity (Wildman–Crippen MR) is 92.4 cm³/mol. The van der Waals surface area contributed by atoms with Gasteiger partial charge in [-0.05, 0) is 54.7 Å². The number of hydrogen-bond donors (Lipinski definition) is 2. The van der Waals surface area contributed by atoms with Gasteiger partial charge in [0.1, 0.15) is 12.4 Å². The van der Waals surface area contributed by atoms with Crippen molar-refractivity contribution in [2.45, 2.75) is 38.0 Å². The Balaban J connectivity index is 1.52. The molecule has 0 heterocycles. The average molecular weight is 322 g/mol. The molecule has 1 saturated carbocycles. The summed E-state index contributed by atoms with van der Waals surface area (Å²) < 4.78 is 5.83. The fourth-order valence-electron chi connectivity index (χ4n) is 2.84. The lowest BCUT2D eigenvalue weighted by Crippen LogP contribution is -2.45. The van der Waals surface area contributed by atoms with Crippen LogP contribution < -0.4 is 10.1 Å². The molecule has 4 nitrogen and oxygen atoms in total. The first kappa shape index (κ1) is 16.5. The molecule has 0 saturated heterocycles. The van der Waals surface area contributed by atoms with E-state index in [-0.39, 0.29) is 0 Å². The number of ether oxygens (including phenoxy) is 1. The molecule has 0 atom stereocenters. The monoisotopic (exact) mass is 322 g/mol. The SMILES string of the molecule is N#Cc1cccc(COc2cccc(CNCC3(O)CCC3)c2)c1. The molecule has 1 aliphatic carbocycles. The zero-order valence-electron chi connectivity index (χ0n) is 13.7. The lowest BCUT2D eigenvalue weighted by Gasteiger charge is -2.36. The highest BCUT2D eigenvalue weighted by molar-refractivity contribution is 5.33. The molecule has 4 heteroatoms. The van der Waals surface area contributed by atoms with Crippen LogP contribution in [-0.2, 0) is 13.2 Å². The average Bonchev–Trinajstić information content (AvgIpc) is 2.59. The maximum atomic E-state index is 10.1. The van der Waals surface area contributed by atoms with Crippen molar-refractivity contribution in [1.29, 1.82) is 5.26 Å². The minimum atomic E-state index is -0.500. The molecule has 0 aliphatic heterocycles. The van der Waals surface area contributed by atoms with E-state index in [1.54, 1.807) is 6.07 Å². The number of rotatable bonds is 7. The van der Waals surface area contributed by atoms with E-state index >= 15 is 0 Å². The molecule has 2 aromatic rings. The van der Waals surface area contributed by atoms with E-state index in [0.29, 0.717) is 25.3 Å². The Morgan fingerprint density at radius 1 is 1.12 bits per heavy atom. The van der Waals surface area contributed by atoms with E-state index in [1.165, 1.54) is 0 Å². The fraction of sp³-hybridized carbons (Fsp3) is 0.350. The highest BCUT2D eigenvalue weighted by atomic mass is 16.5. The van der Waals surface area contributed by atoms with Crippen LogP contribution in [-0.4, -0.2) is 17.3 Å². The Morgan fingerprint density at radius 3 is 2.67 bits per heavy atom. The second kappa shape index (κ2) is 7.48. The van der Waals surface area contributed by atoms with E-state index in [4.69, 9.17) is 10.00 Å². The Kier molecular flexibility index (Phi) is 5.14. The predicted octanol–water partition coefficient (Wildman–Crippen LogP) is 3.14. The fourth-order valence-corrected chi connectivity index (χ4v) is 2.84. The highest BCUT2D eigenvalue weighted by Gasteiger charge is 2.33. The standard InChI is InChI=1S/C20H22N2O2/c21-12-16-4-1-6-18(10-16)14-24-19-7-2-5-17(11-19)13-22-15-20(23)8-3-9-20/h1-2,4-7,10-11,22-23H,3,8-9,13-15H2. The van der Waals surface area contributed by atoms with E-state index < -0.39 is 5.60 Å². The second-order valence-electron chi connectivity index (χ2n) is 6.43. The molecule has 2 aromatic carbocycles. The summed E-state index contributed by atoms with van der Waals surface area (Å²) in [6.07, 6.45) is 2.91. The van der Waals surface area contributed by atoms with Crippen LogP contribution in [0.5, 0.6) is 5.75 Å². The minimum Gasteiger partial charge on any atom is -0.489 e. The first-order chi connectivity index (χ1) is 11.7. The van der Waals surface area contributed by atoms with Crippen LogP contribution in [0.25, 0.3) is 0 Å². The van der Waals surface area contributed by atoms with Gasteiger partial charge in [-0.15, -0.1) is 0 Å². The first-order valence-electron chi connectivity index (χ1n) is 8.31. The molecular weight excluding hydrogens is 300 g/mol. The van der Waals surface area contributed by atoms with Gasteiger partial charge in [0.25, 0.3) is 0 Å². The summed E-state index contributed by atoms with van der Waals surface area (Å²) in [5.74, 6) is 0.805. The van der Waals surface area contributed by atoms with Crippen LogP contribution in [0, 0.1) is 11.3 Å². The van der Waals surface area contributed by atoms with Crippen molar-refractivity contribution in [1.82, 2.24) is 5.32 Å². The first-order valence-corrected chi connectivity index (χ1v) is 8.31. The summed E-state index contributed by atoms with van der Waals surface area (Å²) in [5.41, 5.74) is 2.24. The third-order valence-electron chi connectivity index (χ3n) is 4.43. The zero-order valence-corrected chi connectivity index (χ0v) is 13.7. The molecule has 24 heavy (non-hydrogen) atoms. The molecule has 0 aromatic heterocycles. The number of nitriles is 1. The highest BCUT2D eigenvalue weighted by Crippen LogP contribution is 2.30. The van der Waals surface area contributed by atoms with Gasteiger partial charge in [-0.1, -0.05) is 24.3 Å². The lowest BCUT2D eigenvalue weighted by molar-refractivity contribution is -0.0314. The normalized spacial score (nSPS) is 15.3. The van der Waals surface area contributed by atoms with E-state index in [9.17, 15) is 5.11 Å². The van der Waals surface area contributed by atoms with Gasteiger partial charge in [0.05, 0.1) is 17.2 Å². The molecule has 0 bridgehead atoms. The van der Waals surface area contributed by atoms with Crippen molar-refractivity contribution < 1.29 is 9.84 Å². The van der Waals surface area contributed by atoms with Crippen molar-refractivity contribution >= 4 is 0 Å². The van der Waals surface area contributed by atoms with Gasteiger partial charge in [-0.25, -0.2) is 0 Å². The Bertz CT molecular complexity index is 732. The third-order valence-corrected chi connectivity index (χ3v) is 4.43.